The third kappa shape index (κ3) is 4.59. The average Bonchev–Trinajstić information content (AvgIpc) is 3.20. The number of aromatic amines is 1. The third-order valence-corrected chi connectivity index (χ3v) is 5.72. The standard InChI is InChI=1S/C23H19F6N3O2/c1-22(25,26)16-4-2-13(11-17(16)24)20(33)31-6-8-32(9-7-31)21(34)19-12-14-10-15(23(27,28)29)3-5-18(14)30-19/h2-5,10-12,30H,6-9H2,1H3. The second kappa shape index (κ2) is 8.37. The van der Waals surface area contributed by atoms with Crippen molar-refractivity contribution in [3.8, 4) is 0 Å². The molecule has 0 radical (unpaired) electrons. The maximum absolute atomic E-state index is 14.0. The molecular formula is C23H19F6N3O2. The van der Waals surface area contributed by atoms with E-state index in [1.54, 1.807) is 0 Å². The molecule has 1 aliphatic rings. The fourth-order valence-corrected chi connectivity index (χ4v) is 3.89. The molecule has 1 N–H and O–H groups in total. The summed E-state index contributed by atoms with van der Waals surface area (Å²) in [6.07, 6.45) is -4.50. The zero-order valence-corrected chi connectivity index (χ0v) is 17.8. The molecule has 0 saturated carbocycles. The molecule has 0 unspecified atom stereocenters. The highest BCUT2D eigenvalue weighted by molar-refractivity contribution is 5.98. The second-order valence-electron chi connectivity index (χ2n) is 8.15. The van der Waals surface area contributed by atoms with Gasteiger partial charge in [-0.2, -0.15) is 13.2 Å². The molecule has 0 aliphatic carbocycles. The van der Waals surface area contributed by atoms with E-state index >= 15 is 0 Å². The van der Waals surface area contributed by atoms with Crippen LogP contribution in [0.1, 0.15) is 38.9 Å². The topological polar surface area (TPSA) is 56.4 Å². The van der Waals surface area contributed by atoms with Crippen molar-refractivity contribution in [2.45, 2.75) is 19.0 Å². The van der Waals surface area contributed by atoms with Crippen molar-refractivity contribution in [3.63, 3.8) is 0 Å². The van der Waals surface area contributed by atoms with Gasteiger partial charge < -0.3 is 14.8 Å². The van der Waals surface area contributed by atoms with Crippen molar-refractivity contribution in [2.75, 3.05) is 26.2 Å². The summed E-state index contributed by atoms with van der Waals surface area (Å²) in [6.45, 7) is 1.08. The summed E-state index contributed by atoms with van der Waals surface area (Å²) < 4.78 is 79.5. The first-order valence-corrected chi connectivity index (χ1v) is 10.3. The fourth-order valence-electron chi connectivity index (χ4n) is 3.89. The Morgan fingerprint density at radius 3 is 2.03 bits per heavy atom. The zero-order chi connectivity index (χ0) is 24.8. The molecule has 3 aromatic rings. The number of rotatable bonds is 3. The zero-order valence-electron chi connectivity index (χ0n) is 17.8. The molecule has 2 amide bonds. The van der Waals surface area contributed by atoms with E-state index < -0.39 is 40.9 Å². The summed E-state index contributed by atoms with van der Waals surface area (Å²) in [5, 5.41) is 0.245. The molecule has 1 aliphatic heterocycles. The number of H-pyrrole nitrogens is 1. The Balaban J connectivity index is 1.43. The number of halogens is 6. The van der Waals surface area contributed by atoms with Crippen LogP contribution in [0, 0.1) is 5.82 Å². The minimum Gasteiger partial charge on any atom is -0.351 e. The monoisotopic (exact) mass is 483 g/mol. The highest BCUT2D eigenvalue weighted by atomic mass is 19.4. The van der Waals surface area contributed by atoms with E-state index in [9.17, 15) is 35.9 Å². The van der Waals surface area contributed by atoms with E-state index in [1.807, 2.05) is 0 Å². The van der Waals surface area contributed by atoms with Crippen LogP contribution in [0.3, 0.4) is 0 Å². The predicted molar refractivity (Wildman–Crippen MR) is 111 cm³/mol. The predicted octanol–water partition coefficient (Wildman–Crippen LogP) is 5.04. The van der Waals surface area contributed by atoms with Crippen LogP contribution < -0.4 is 0 Å². The van der Waals surface area contributed by atoms with Gasteiger partial charge in [0.2, 0.25) is 0 Å². The van der Waals surface area contributed by atoms with Crippen LogP contribution in [0.5, 0.6) is 0 Å². The minimum absolute atomic E-state index is 0.0821. The van der Waals surface area contributed by atoms with E-state index in [2.05, 4.69) is 4.98 Å². The van der Waals surface area contributed by atoms with Gasteiger partial charge in [0.15, 0.2) is 0 Å². The summed E-state index contributed by atoms with van der Waals surface area (Å²) in [5.41, 5.74) is -1.21. The number of piperazine rings is 1. The molecular weight excluding hydrogens is 464 g/mol. The molecule has 11 heteroatoms. The van der Waals surface area contributed by atoms with Gasteiger partial charge in [0.05, 0.1) is 11.1 Å². The lowest BCUT2D eigenvalue weighted by molar-refractivity contribution is -0.137. The van der Waals surface area contributed by atoms with E-state index in [4.69, 9.17) is 0 Å². The lowest BCUT2D eigenvalue weighted by Gasteiger charge is -2.34. The molecule has 1 saturated heterocycles. The second-order valence-corrected chi connectivity index (χ2v) is 8.15. The Hall–Kier alpha value is -3.50. The van der Waals surface area contributed by atoms with Gasteiger partial charge in [0, 0.05) is 49.6 Å². The van der Waals surface area contributed by atoms with E-state index in [0.29, 0.717) is 12.4 Å². The van der Waals surface area contributed by atoms with Crippen LogP contribution >= 0.6 is 0 Å². The first kappa shape index (κ1) is 23.7. The highest BCUT2D eigenvalue weighted by Gasteiger charge is 2.32. The summed E-state index contributed by atoms with van der Waals surface area (Å²) in [4.78, 5) is 31.1. The smallest absolute Gasteiger partial charge is 0.351 e. The van der Waals surface area contributed by atoms with Crippen molar-refractivity contribution in [3.05, 3.63) is 70.7 Å². The quantitative estimate of drug-likeness (QED) is 0.531. The molecule has 34 heavy (non-hydrogen) atoms. The number of fused-ring (bicyclic) bond motifs is 1. The first-order chi connectivity index (χ1) is 15.8. The first-order valence-electron chi connectivity index (χ1n) is 10.3. The van der Waals surface area contributed by atoms with Crippen LogP contribution in [-0.4, -0.2) is 52.8 Å². The van der Waals surface area contributed by atoms with Crippen molar-refractivity contribution in [1.29, 1.82) is 0 Å². The van der Waals surface area contributed by atoms with Crippen LogP contribution in [0.4, 0.5) is 26.3 Å². The van der Waals surface area contributed by atoms with Crippen molar-refractivity contribution in [2.24, 2.45) is 0 Å². The molecule has 0 spiro atoms. The van der Waals surface area contributed by atoms with Crippen LogP contribution in [0.15, 0.2) is 42.5 Å². The Morgan fingerprint density at radius 1 is 0.853 bits per heavy atom. The van der Waals surface area contributed by atoms with Gasteiger partial charge in [0.25, 0.3) is 17.7 Å². The minimum atomic E-state index is -4.50. The number of hydrogen-bond donors (Lipinski definition) is 1. The molecule has 0 bridgehead atoms. The van der Waals surface area contributed by atoms with Crippen molar-refractivity contribution >= 4 is 22.7 Å². The van der Waals surface area contributed by atoms with E-state index in [-0.39, 0.29) is 42.8 Å². The number of hydrogen-bond acceptors (Lipinski definition) is 2. The highest BCUT2D eigenvalue weighted by Crippen LogP contribution is 2.32. The normalized spacial score (nSPS) is 15.1. The fraction of sp³-hybridized carbons (Fsp3) is 0.304. The summed E-state index contributed by atoms with van der Waals surface area (Å²) in [7, 11) is 0. The molecule has 180 valence electrons. The van der Waals surface area contributed by atoms with Gasteiger partial charge in [0.1, 0.15) is 11.5 Å². The summed E-state index contributed by atoms with van der Waals surface area (Å²) in [6, 6.07) is 7.26. The molecule has 1 fully saturated rings. The largest absolute Gasteiger partial charge is 0.416 e. The number of nitrogens with zero attached hydrogens (tertiary/aromatic N) is 2. The molecule has 5 nitrogen and oxygen atoms in total. The van der Waals surface area contributed by atoms with Crippen LogP contribution in [0.2, 0.25) is 0 Å². The van der Waals surface area contributed by atoms with Gasteiger partial charge >= 0.3 is 6.18 Å². The Bertz CT molecular complexity index is 1250. The maximum atomic E-state index is 14.0. The number of aromatic nitrogens is 1. The van der Waals surface area contributed by atoms with Gasteiger partial charge in [-0.15, -0.1) is 0 Å². The Morgan fingerprint density at radius 2 is 1.47 bits per heavy atom. The molecule has 0 atom stereocenters. The van der Waals surface area contributed by atoms with E-state index in [0.717, 1.165) is 30.3 Å². The number of alkyl halides is 5. The van der Waals surface area contributed by atoms with Crippen LogP contribution in [-0.2, 0) is 12.1 Å². The molecule has 1 aromatic heterocycles. The maximum Gasteiger partial charge on any atom is 0.416 e. The Kier molecular flexibility index (Phi) is 5.82. The Labute approximate surface area is 189 Å². The lowest BCUT2D eigenvalue weighted by atomic mass is 10.1. The SMILES string of the molecule is CC(F)(F)c1ccc(C(=O)N2CCN(C(=O)c3cc4cc(C(F)(F)F)ccc4[nH]3)CC2)cc1F. The van der Waals surface area contributed by atoms with Crippen molar-refractivity contribution in [1.82, 2.24) is 14.8 Å². The number of carbonyl (C=O) groups excluding carboxylic acids is 2. The summed E-state index contributed by atoms with van der Waals surface area (Å²) >= 11 is 0. The van der Waals surface area contributed by atoms with Crippen molar-refractivity contribution < 1.29 is 35.9 Å². The number of carbonyl (C=O) groups is 2. The summed E-state index contributed by atoms with van der Waals surface area (Å²) in [5.74, 6) is -5.55. The van der Waals surface area contributed by atoms with Gasteiger partial charge in [-0.25, -0.2) is 13.2 Å². The van der Waals surface area contributed by atoms with Crippen LogP contribution in [0.25, 0.3) is 10.9 Å². The lowest BCUT2D eigenvalue weighted by Crippen LogP contribution is -2.50. The number of amides is 2. The number of nitrogens with one attached hydrogen (secondary N) is 1. The number of benzene rings is 2. The van der Waals surface area contributed by atoms with Gasteiger partial charge in [-0.05, 0) is 42.5 Å². The van der Waals surface area contributed by atoms with Gasteiger partial charge in [-0.3, -0.25) is 9.59 Å². The van der Waals surface area contributed by atoms with Gasteiger partial charge in [-0.1, -0.05) is 0 Å². The van der Waals surface area contributed by atoms with E-state index in [1.165, 1.54) is 21.9 Å². The molecule has 2 heterocycles. The average molecular weight is 483 g/mol. The molecule has 4 rings (SSSR count). The molecule has 2 aromatic carbocycles. The third-order valence-electron chi connectivity index (χ3n) is 5.72.